The minimum atomic E-state index is -0.666. The lowest BCUT2D eigenvalue weighted by atomic mass is 10.0. The van der Waals surface area contributed by atoms with E-state index in [1.165, 1.54) is 0 Å². The number of carbonyl (C=O) groups excluding carboxylic acids is 2. The van der Waals surface area contributed by atoms with Crippen molar-refractivity contribution in [1.29, 1.82) is 0 Å². The van der Waals surface area contributed by atoms with Crippen molar-refractivity contribution in [3.05, 3.63) is 60.2 Å². The molecule has 29 heavy (non-hydrogen) atoms. The molecule has 0 saturated carbocycles. The number of halogens is 1. The fraction of sp³-hybridized carbons (Fsp3) is 0.333. The van der Waals surface area contributed by atoms with Crippen LogP contribution in [0.1, 0.15) is 24.9 Å². The first-order valence-electron chi connectivity index (χ1n) is 9.42. The summed E-state index contributed by atoms with van der Waals surface area (Å²) < 4.78 is 5.86. The molecule has 3 amide bonds. The Morgan fingerprint density at radius 2 is 1.93 bits per heavy atom. The van der Waals surface area contributed by atoms with Crippen LogP contribution in [-0.2, 0) is 4.79 Å². The van der Waals surface area contributed by atoms with Gasteiger partial charge in [-0.15, -0.1) is 12.4 Å². The highest BCUT2D eigenvalue weighted by Crippen LogP contribution is 2.26. The van der Waals surface area contributed by atoms with Crippen molar-refractivity contribution in [2.75, 3.05) is 19.6 Å². The lowest BCUT2D eigenvalue weighted by Gasteiger charge is -2.35. The Bertz CT molecular complexity index is 819. The van der Waals surface area contributed by atoms with Crippen LogP contribution >= 0.6 is 12.4 Å². The number of hydrogen-bond donors (Lipinski definition) is 3. The lowest BCUT2D eigenvalue weighted by molar-refractivity contribution is -0.134. The second kappa shape index (κ2) is 10.7. The Morgan fingerprint density at radius 3 is 2.62 bits per heavy atom. The number of primary amides is 1. The SMILES string of the molecule is CC1CNCCN1C(=O)CC(NC(N)=O)c1cccc(Oc2ccccc2)c1.Cl. The predicted octanol–water partition coefficient (Wildman–Crippen LogP) is 2.82. The summed E-state index contributed by atoms with van der Waals surface area (Å²) in [4.78, 5) is 26.2. The summed E-state index contributed by atoms with van der Waals surface area (Å²) >= 11 is 0. The summed E-state index contributed by atoms with van der Waals surface area (Å²) in [6, 6.07) is 15.7. The molecule has 2 unspecified atom stereocenters. The number of para-hydroxylation sites is 1. The standard InChI is InChI=1S/C21H26N4O3.ClH/c1-15-14-23-10-11-25(15)20(26)13-19(24-21(22)27)16-6-5-9-18(12-16)28-17-7-3-2-4-8-17;/h2-9,12,15,19,23H,10-11,13-14H2,1H3,(H3,22,24,27);1H. The van der Waals surface area contributed by atoms with Crippen LogP contribution in [0.2, 0.25) is 0 Å². The zero-order valence-electron chi connectivity index (χ0n) is 16.3. The van der Waals surface area contributed by atoms with Gasteiger partial charge in [0.05, 0.1) is 12.5 Å². The van der Waals surface area contributed by atoms with Gasteiger partial charge in [-0.2, -0.15) is 0 Å². The normalized spacial score (nSPS) is 17.0. The number of carbonyl (C=O) groups is 2. The van der Waals surface area contributed by atoms with Crippen LogP contribution in [0.3, 0.4) is 0 Å². The van der Waals surface area contributed by atoms with Crippen molar-refractivity contribution < 1.29 is 14.3 Å². The van der Waals surface area contributed by atoms with E-state index < -0.39 is 12.1 Å². The predicted molar refractivity (Wildman–Crippen MR) is 114 cm³/mol. The van der Waals surface area contributed by atoms with E-state index >= 15 is 0 Å². The van der Waals surface area contributed by atoms with E-state index in [-0.39, 0.29) is 30.8 Å². The molecule has 1 aliphatic heterocycles. The molecular formula is C21H27ClN4O3. The summed E-state index contributed by atoms with van der Waals surface area (Å²) in [5.74, 6) is 1.33. The minimum Gasteiger partial charge on any atom is -0.457 e. The van der Waals surface area contributed by atoms with Crippen LogP contribution in [0.15, 0.2) is 54.6 Å². The fourth-order valence-corrected chi connectivity index (χ4v) is 3.35. The number of nitrogens with one attached hydrogen (secondary N) is 2. The number of rotatable bonds is 6. The molecular weight excluding hydrogens is 392 g/mol. The molecule has 0 bridgehead atoms. The van der Waals surface area contributed by atoms with E-state index in [0.717, 1.165) is 18.7 Å². The molecule has 1 saturated heterocycles. The Balaban J connectivity index is 0.00000300. The number of piperazine rings is 1. The molecule has 2 atom stereocenters. The zero-order valence-corrected chi connectivity index (χ0v) is 17.2. The molecule has 0 aromatic heterocycles. The first-order valence-corrected chi connectivity index (χ1v) is 9.42. The number of ether oxygens (including phenoxy) is 1. The molecule has 4 N–H and O–H groups in total. The first kappa shape index (κ1) is 22.5. The fourth-order valence-electron chi connectivity index (χ4n) is 3.35. The van der Waals surface area contributed by atoms with Gasteiger partial charge in [0, 0.05) is 25.7 Å². The molecule has 7 nitrogen and oxygen atoms in total. The number of urea groups is 1. The Morgan fingerprint density at radius 1 is 1.21 bits per heavy atom. The summed E-state index contributed by atoms with van der Waals surface area (Å²) in [6.07, 6.45) is 0.141. The number of benzene rings is 2. The maximum Gasteiger partial charge on any atom is 0.312 e. The summed E-state index contributed by atoms with van der Waals surface area (Å²) in [5.41, 5.74) is 6.12. The summed E-state index contributed by atoms with van der Waals surface area (Å²) in [5, 5.41) is 5.96. The van der Waals surface area contributed by atoms with Crippen molar-refractivity contribution >= 4 is 24.3 Å². The van der Waals surface area contributed by atoms with E-state index in [9.17, 15) is 9.59 Å². The first-order chi connectivity index (χ1) is 13.5. The smallest absolute Gasteiger partial charge is 0.312 e. The van der Waals surface area contributed by atoms with Gasteiger partial charge < -0.3 is 26.0 Å². The Labute approximate surface area is 177 Å². The molecule has 156 valence electrons. The van der Waals surface area contributed by atoms with Gasteiger partial charge in [0.25, 0.3) is 0 Å². The Hall–Kier alpha value is -2.77. The van der Waals surface area contributed by atoms with Crippen LogP contribution in [0.25, 0.3) is 0 Å². The van der Waals surface area contributed by atoms with Gasteiger partial charge in [0.2, 0.25) is 5.91 Å². The molecule has 0 radical (unpaired) electrons. The van der Waals surface area contributed by atoms with Crippen molar-refractivity contribution in [3.63, 3.8) is 0 Å². The zero-order chi connectivity index (χ0) is 19.9. The van der Waals surface area contributed by atoms with Crippen molar-refractivity contribution in [2.24, 2.45) is 5.73 Å². The average Bonchev–Trinajstić information content (AvgIpc) is 2.68. The highest BCUT2D eigenvalue weighted by atomic mass is 35.5. The molecule has 2 aromatic carbocycles. The van der Waals surface area contributed by atoms with Crippen molar-refractivity contribution in [2.45, 2.75) is 25.4 Å². The maximum absolute atomic E-state index is 12.8. The number of amides is 3. The van der Waals surface area contributed by atoms with Crippen LogP contribution in [0, 0.1) is 0 Å². The van der Waals surface area contributed by atoms with Gasteiger partial charge in [-0.05, 0) is 36.8 Å². The molecule has 0 spiro atoms. The monoisotopic (exact) mass is 418 g/mol. The molecule has 3 rings (SSSR count). The van der Waals surface area contributed by atoms with Gasteiger partial charge in [0.1, 0.15) is 11.5 Å². The number of nitrogens with zero attached hydrogens (tertiary/aromatic N) is 1. The second-order valence-corrected chi connectivity index (χ2v) is 6.89. The van der Waals surface area contributed by atoms with E-state index in [0.29, 0.717) is 18.0 Å². The molecule has 8 heteroatoms. The molecule has 1 fully saturated rings. The van der Waals surface area contributed by atoms with Crippen LogP contribution in [-0.4, -0.2) is 42.5 Å². The minimum absolute atomic E-state index is 0. The number of nitrogens with two attached hydrogens (primary N) is 1. The third-order valence-corrected chi connectivity index (χ3v) is 4.76. The lowest BCUT2D eigenvalue weighted by Crippen LogP contribution is -2.53. The van der Waals surface area contributed by atoms with Gasteiger partial charge >= 0.3 is 6.03 Å². The Kier molecular flexibility index (Phi) is 8.30. The largest absolute Gasteiger partial charge is 0.457 e. The van der Waals surface area contributed by atoms with E-state index in [1.54, 1.807) is 0 Å². The molecule has 1 aliphatic rings. The third kappa shape index (κ3) is 6.37. The van der Waals surface area contributed by atoms with Crippen molar-refractivity contribution in [1.82, 2.24) is 15.5 Å². The average molecular weight is 419 g/mol. The van der Waals surface area contributed by atoms with Crippen LogP contribution in [0.4, 0.5) is 4.79 Å². The quantitative estimate of drug-likeness (QED) is 0.672. The van der Waals surface area contributed by atoms with E-state index in [1.807, 2.05) is 66.4 Å². The van der Waals surface area contributed by atoms with Gasteiger partial charge in [-0.1, -0.05) is 30.3 Å². The second-order valence-electron chi connectivity index (χ2n) is 6.89. The molecule has 1 heterocycles. The van der Waals surface area contributed by atoms with E-state index in [4.69, 9.17) is 10.5 Å². The van der Waals surface area contributed by atoms with E-state index in [2.05, 4.69) is 10.6 Å². The molecule has 2 aromatic rings. The van der Waals surface area contributed by atoms with Crippen LogP contribution in [0.5, 0.6) is 11.5 Å². The highest BCUT2D eigenvalue weighted by molar-refractivity contribution is 5.85. The number of hydrogen-bond acceptors (Lipinski definition) is 4. The topological polar surface area (TPSA) is 96.7 Å². The van der Waals surface area contributed by atoms with Gasteiger partial charge in [0.15, 0.2) is 0 Å². The van der Waals surface area contributed by atoms with Crippen LogP contribution < -0.4 is 21.1 Å². The van der Waals surface area contributed by atoms with Gasteiger partial charge in [-0.3, -0.25) is 4.79 Å². The van der Waals surface area contributed by atoms with Gasteiger partial charge in [-0.25, -0.2) is 4.79 Å². The summed E-state index contributed by atoms with van der Waals surface area (Å²) in [7, 11) is 0. The van der Waals surface area contributed by atoms with Crippen molar-refractivity contribution in [3.8, 4) is 11.5 Å². The molecule has 0 aliphatic carbocycles. The maximum atomic E-state index is 12.8. The summed E-state index contributed by atoms with van der Waals surface area (Å²) in [6.45, 7) is 4.19. The third-order valence-electron chi connectivity index (χ3n) is 4.76. The highest BCUT2D eigenvalue weighted by Gasteiger charge is 2.26.